The molecule has 1 aliphatic heterocycles. The van der Waals surface area contributed by atoms with E-state index in [1.807, 2.05) is 0 Å². The minimum absolute atomic E-state index is 0.0290. The molecule has 7 heteroatoms. The summed E-state index contributed by atoms with van der Waals surface area (Å²) < 4.78 is 58.6. The second-order valence-electron chi connectivity index (χ2n) is 5.37. The molecule has 124 valence electrons. The number of sulfonamides is 1. The Bertz CT molecular complexity index is 581. The molecule has 0 spiro atoms. The van der Waals surface area contributed by atoms with Crippen molar-refractivity contribution in [2.24, 2.45) is 0 Å². The molecule has 2 rings (SSSR count). The van der Waals surface area contributed by atoms with E-state index in [1.54, 1.807) is 6.92 Å². The average Bonchev–Trinajstić information content (AvgIpc) is 2.98. The molecule has 1 heterocycles. The fourth-order valence-corrected chi connectivity index (χ4v) is 4.09. The van der Waals surface area contributed by atoms with Crippen LogP contribution in [0.4, 0.5) is 8.78 Å². The van der Waals surface area contributed by atoms with Gasteiger partial charge in [0, 0.05) is 25.3 Å². The lowest BCUT2D eigenvalue weighted by molar-refractivity contribution is 0.108. The smallest absolute Gasteiger partial charge is 0.214 e. The van der Waals surface area contributed by atoms with Crippen molar-refractivity contribution in [1.82, 2.24) is 4.31 Å². The van der Waals surface area contributed by atoms with Crippen molar-refractivity contribution in [3.05, 3.63) is 35.4 Å². The monoisotopic (exact) mass is 333 g/mol. The summed E-state index contributed by atoms with van der Waals surface area (Å²) in [6, 6.07) is 3.52. The maximum absolute atomic E-state index is 13.7. The lowest BCUT2D eigenvalue weighted by Gasteiger charge is -2.22. The second-order valence-corrected chi connectivity index (χ2v) is 7.45. The minimum atomic E-state index is -3.57. The van der Waals surface area contributed by atoms with Gasteiger partial charge in [0.05, 0.1) is 11.9 Å². The lowest BCUT2D eigenvalue weighted by atomic mass is 10.2. The van der Waals surface area contributed by atoms with Gasteiger partial charge in [-0.05, 0) is 31.4 Å². The zero-order valence-corrected chi connectivity index (χ0v) is 13.4. The van der Waals surface area contributed by atoms with E-state index in [0.29, 0.717) is 13.0 Å². The van der Waals surface area contributed by atoms with Gasteiger partial charge in [0.2, 0.25) is 10.0 Å². The first-order valence-electron chi connectivity index (χ1n) is 7.46. The molecular weight excluding hydrogens is 312 g/mol. The van der Waals surface area contributed by atoms with Crippen LogP contribution in [0.2, 0.25) is 0 Å². The van der Waals surface area contributed by atoms with Crippen LogP contribution >= 0.6 is 0 Å². The van der Waals surface area contributed by atoms with Crippen molar-refractivity contribution in [3.8, 4) is 0 Å². The van der Waals surface area contributed by atoms with E-state index in [0.717, 1.165) is 29.3 Å². The van der Waals surface area contributed by atoms with E-state index in [2.05, 4.69) is 0 Å². The zero-order valence-electron chi connectivity index (χ0n) is 12.6. The van der Waals surface area contributed by atoms with Crippen LogP contribution in [-0.2, 0) is 21.3 Å². The van der Waals surface area contributed by atoms with Crippen LogP contribution in [0.25, 0.3) is 0 Å². The number of hydrogen-bond acceptors (Lipinski definition) is 3. The molecule has 1 atom stereocenters. The average molecular weight is 333 g/mol. The quantitative estimate of drug-likeness (QED) is 0.771. The molecule has 0 N–H and O–H groups in total. The van der Waals surface area contributed by atoms with Crippen LogP contribution in [0.1, 0.15) is 31.7 Å². The number of halogens is 2. The Morgan fingerprint density at radius 3 is 2.55 bits per heavy atom. The van der Waals surface area contributed by atoms with Gasteiger partial charge in [0.25, 0.3) is 0 Å². The van der Waals surface area contributed by atoms with Crippen LogP contribution in [-0.4, -0.2) is 37.7 Å². The summed E-state index contributed by atoms with van der Waals surface area (Å²) in [5.41, 5.74) is -0.218. The molecule has 1 saturated heterocycles. The highest BCUT2D eigenvalue weighted by molar-refractivity contribution is 7.89. The minimum Gasteiger partial charge on any atom is -0.378 e. The molecule has 1 aromatic rings. The summed E-state index contributed by atoms with van der Waals surface area (Å²) in [7, 11) is -3.57. The van der Waals surface area contributed by atoms with E-state index in [1.165, 1.54) is 6.07 Å². The third kappa shape index (κ3) is 4.24. The molecule has 0 unspecified atom stereocenters. The van der Waals surface area contributed by atoms with Crippen molar-refractivity contribution in [1.29, 1.82) is 0 Å². The van der Waals surface area contributed by atoms with E-state index in [-0.39, 0.29) is 30.5 Å². The van der Waals surface area contributed by atoms with Crippen molar-refractivity contribution < 1.29 is 21.9 Å². The number of nitrogens with zero attached hydrogens (tertiary/aromatic N) is 1. The Hall–Kier alpha value is -1.05. The van der Waals surface area contributed by atoms with E-state index in [4.69, 9.17) is 4.74 Å². The number of rotatable bonds is 7. The van der Waals surface area contributed by atoms with Gasteiger partial charge in [-0.25, -0.2) is 17.2 Å². The predicted molar refractivity (Wildman–Crippen MR) is 79.8 cm³/mol. The molecule has 1 aliphatic rings. The molecule has 1 aromatic carbocycles. The fraction of sp³-hybridized carbons (Fsp3) is 0.600. The molecule has 0 amide bonds. The predicted octanol–water partition coefficient (Wildman–Crippen LogP) is 2.69. The molecule has 4 nitrogen and oxygen atoms in total. The fourth-order valence-electron chi connectivity index (χ4n) is 2.55. The van der Waals surface area contributed by atoms with E-state index < -0.39 is 21.7 Å². The normalized spacial score (nSPS) is 19.0. The Morgan fingerprint density at radius 2 is 2.00 bits per heavy atom. The molecule has 1 fully saturated rings. The lowest BCUT2D eigenvalue weighted by Crippen LogP contribution is -2.34. The van der Waals surface area contributed by atoms with Crippen LogP contribution in [0.3, 0.4) is 0 Å². The van der Waals surface area contributed by atoms with E-state index >= 15 is 0 Å². The Balaban J connectivity index is 2.05. The van der Waals surface area contributed by atoms with Gasteiger partial charge in [0.1, 0.15) is 11.6 Å². The first kappa shape index (κ1) is 17.3. The highest BCUT2D eigenvalue weighted by Gasteiger charge is 2.26. The van der Waals surface area contributed by atoms with Crippen molar-refractivity contribution in [2.45, 2.75) is 38.8 Å². The molecule has 0 aliphatic carbocycles. The molecule has 22 heavy (non-hydrogen) atoms. The summed E-state index contributed by atoms with van der Waals surface area (Å²) >= 11 is 0. The third-order valence-electron chi connectivity index (χ3n) is 3.86. The summed E-state index contributed by atoms with van der Waals surface area (Å²) in [6.07, 6.45) is 2.20. The standard InChI is InChI=1S/C15H21F2NO3S/c1-2-18(11-13-14(16)6-3-7-15(13)17)22(19,20)10-8-12-5-4-9-21-12/h3,6-7,12H,2,4-5,8-11H2,1H3/t12-/m1/s1. The van der Waals surface area contributed by atoms with Gasteiger partial charge in [0.15, 0.2) is 0 Å². The van der Waals surface area contributed by atoms with Crippen molar-refractivity contribution in [2.75, 3.05) is 18.9 Å². The van der Waals surface area contributed by atoms with Gasteiger partial charge in [-0.3, -0.25) is 0 Å². The Kier molecular flexibility index (Phi) is 5.88. The Morgan fingerprint density at radius 1 is 1.32 bits per heavy atom. The van der Waals surface area contributed by atoms with Crippen LogP contribution < -0.4 is 0 Å². The highest BCUT2D eigenvalue weighted by Crippen LogP contribution is 2.20. The topological polar surface area (TPSA) is 46.6 Å². The summed E-state index contributed by atoms with van der Waals surface area (Å²) in [4.78, 5) is 0. The Labute approximate surface area is 130 Å². The van der Waals surface area contributed by atoms with Gasteiger partial charge in [-0.15, -0.1) is 0 Å². The third-order valence-corrected chi connectivity index (χ3v) is 5.79. The molecular formula is C15H21F2NO3S. The maximum atomic E-state index is 13.7. The maximum Gasteiger partial charge on any atom is 0.214 e. The van der Waals surface area contributed by atoms with Gasteiger partial charge >= 0.3 is 0 Å². The molecule has 0 saturated carbocycles. The SMILES string of the molecule is CCN(Cc1c(F)cccc1F)S(=O)(=O)CC[C@H]1CCCO1. The molecule has 0 radical (unpaired) electrons. The van der Waals surface area contributed by atoms with Gasteiger partial charge in [-0.2, -0.15) is 4.31 Å². The van der Waals surface area contributed by atoms with Crippen LogP contribution in [0.5, 0.6) is 0 Å². The largest absolute Gasteiger partial charge is 0.378 e. The summed E-state index contributed by atoms with van der Waals surface area (Å²) in [5.74, 6) is -1.53. The molecule has 0 aromatic heterocycles. The number of hydrogen-bond donors (Lipinski definition) is 0. The number of benzene rings is 1. The second kappa shape index (κ2) is 7.48. The highest BCUT2D eigenvalue weighted by atomic mass is 32.2. The number of ether oxygens (including phenoxy) is 1. The van der Waals surface area contributed by atoms with Gasteiger partial charge in [-0.1, -0.05) is 13.0 Å². The van der Waals surface area contributed by atoms with Crippen molar-refractivity contribution in [3.63, 3.8) is 0 Å². The molecule has 0 bridgehead atoms. The first-order chi connectivity index (χ1) is 10.4. The summed E-state index contributed by atoms with van der Waals surface area (Å²) in [6.45, 7) is 2.20. The summed E-state index contributed by atoms with van der Waals surface area (Å²) in [5, 5.41) is 0. The first-order valence-corrected chi connectivity index (χ1v) is 9.07. The van der Waals surface area contributed by atoms with Crippen LogP contribution in [0.15, 0.2) is 18.2 Å². The van der Waals surface area contributed by atoms with Crippen LogP contribution in [0, 0.1) is 11.6 Å². The van der Waals surface area contributed by atoms with E-state index in [9.17, 15) is 17.2 Å². The van der Waals surface area contributed by atoms with Gasteiger partial charge < -0.3 is 4.74 Å². The van der Waals surface area contributed by atoms with Crippen molar-refractivity contribution >= 4 is 10.0 Å². The zero-order chi connectivity index (χ0) is 16.2.